The summed E-state index contributed by atoms with van der Waals surface area (Å²) in [6.45, 7) is 14.8. The summed E-state index contributed by atoms with van der Waals surface area (Å²) in [6, 6.07) is 0. The number of nitrogens with one attached hydrogen (secondary N) is 2. The van der Waals surface area contributed by atoms with Gasteiger partial charge in [0.1, 0.15) is 0 Å². The van der Waals surface area contributed by atoms with Crippen LogP contribution in [-0.4, -0.2) is 24.6 Å². The zero-order chi connectivity index (χ0) is 11.9. The molecular formula is C12H28IN3. The second-order valence-corrected chi connectivity index (χ2v) is 5.32. The average molecular weight is 341 g/mol. The Labute approximate surface area is 118 Å². The van der Waals surface area contributed by atoms with Crippen LogP contribution in [0.2, 0.25) is 0 Å². The molecule has 0 amide bonds. The second kappa shape index (κ2) is 9.07. The zero-order valence-corrected chi connectivity index (χ0v) is 13.9. The van der Waals surface area contributed by atoms with Crippen molar-refractivity contribution in [2.24, 2.45) is 10.9 Å². The van der Waals surface area contributed by atoms with Crippen molar-refractivity contribution in [3.05, 3.63) is 0 Å². The van der Waals surface area contributed by atoms with Crippen LogP contribution in [0.15, 0.2) is 4.99 Å². The van der Waals surface area contributed by atoms with Gasteiger partial charge in [0.25, 0.3) is 0 Å². The molecule has 0 aromatic rings. The topological polar surface area (TPSA) is 36.4 Å². The quantitative estimate of drug-likeness (QED) is 0.469. The van der Waals surface area contributed by atoms with Gasteiger partial charge < -0.3 is 10.6 Å². The van der Waals surface area contributed by atoms with Crippen molar-refractivity contribution in [3.63, 3.8) is 0 Å². The van der Waals surface area contributed by atoms with Crippen molar-refractivity contribution < 1.29 is 0 Å². The molecule has 16 heavy (non-hydrogen) atoms. The molecule has 0 heterocycles. The third-order valence-electron chi connectivity index (χ3n) is 1.81. The lowest BCUT2D eigenvalue weighted by Gasteiger charge is -2.23. The summed E-state index contributed by atoms with van der Waals surface area (Å²) in [6.07, 6.45) is 1.14. The number of rotatable bonds is 4. The molecule has 0 saturated carbocycles. The van der Waals surface area contributed by atoms with E-state index in [2.05, 4.69) is 57.2 Å². The summed E-state index contributed by atoms with van der Waals surface area (Å²) in [4.78, 5) is 4.53. The Morgan fingerprint density at radius 3 is 2.19 bits per heavy atom. The molecule has 2 N–H and O–H groups in total. The van der Waals surface area contributed by atoms with E-state index in [9.17, 15) is 0 Å². The van der Waals surface area contributed by atoms with Crippen LogP contribution in [0.5, 0.6) is 0 Å². The number of nitrogens with zero attached hydrogens (tertiary/aromatic N) is 1. The highest BCUT2D eigenvalue weighted by Crippen LogP contribution is 2.00. The highest BCUT2D eigenvalue weighted by atomic mass is 127. The molecule has 0 aliphatic carbocycles. The van der Waals surface area contributed by atoms with Gasteiger partial charge in [-0.15, -0.1) is 24.0 Å². The van der Waals surface area contributed by atoms with Crippen LogP contribution in [0.25, 0.3) is 0 Å². The molecule has 98 valence electrons. The fraction of sp³-hybridized carbons (Fsp3) is 0.917. The van der Waals surface area contributed by atoms with Crippen LogP contribution < -0.4 is 10.6 Å². The molecule has 3 nitrogen and oxygen atoms in total. The van der Waals surface area contributed by atoms with E-state index >= 15 is 0 Å². The molecule has 0 unspecified atom stereocenters. The standard InChI is InChI=1S/C12H27N3.HI/c1-7-13-11(15-12(4,5)6)14-9-8-10(2)3;/h10H,7-9H2,1-6H3,(H2,13,14,15);1H. The Morgan fingerprint density at radius 1 is 1.25 bits per heavy atom. The zero-order valence-electron chi connectivity index (χ0n) is 11.6. The summed E-state index contributed by atoms with van der Waals surface area (Å²) in [5.74, 6) is 1.64. The number of guanidine groups is 1. The maximum absolute atomic E-state index is 4.53. The van der Waals surface area contributed by atoms with Gasteiger partial charge in [-0.2, -0.15) is 0 Å². The highest BCUT2D eigenvalue weighted by Gasteiger charge is 2.11. The SMILES string of the molecule is CCNC(=NCCC(C)C)NC(C)(C)C.I. The molecule has 0 radical (unpaired) electrons. The lowest BCUT2D eigenvalue weighted by molar-refractivity contribution is 0.500. The van der Waals surface area contributed by atoms with E-state index in [1.54, 1.807) is 0 Å². The molecule has 0 rings (SSSR count). The van der Waals surface area contributed by atoms with Crippen LogP contribution in [0.4, 0.5) is 0 Å². The van der Waals surface area contributed by atoms with Gasteiger partial charge in [-0.3, -0.25) is 4.99 Å². The number of hydrogen-bond acceptors (Lipinski definition) is 1. The van der Waals surface area contributed by atoms with E-state index in [-0.39, 0.29) is 29.5 Å². The van der Waals surface area contributed by atoms with Gasteiger partial charge in [-0.25, -0.2) is 0 Å². The Bertz CT molecular complexity index is 195. The third kappa shape index (κ3) is 12.1. The van der Waals surface area contributed by atoms with Gasteiger partial charge in [0.05, 0.1) is 0 Å². The van der Waals surface area contributed by atoms with E-state index in [0.717, 1.165) is 25.5 Å². The van der Waals surface area contributed by atoms with Crippen LogP contribution in [0, 0.1) is 5.92 Å². The third-order valence-corrected chi connectivity index (χ3v) is 1.81. The van der Waals surface area contributed by atoms with Crippen molar-refractivity contribution in [2.75, 3.05) is 13.1 Å². The summed E-state index contributed by atoms with van der Waals surface area (Å²) in [5, 5.41) is 6.62. The molecule has 0 bridgehead atoms. The molecule has 0 spiro atoms. The van der Waals surface area contributed by atoms with Gasteiger partial charge in [0.2, 0.25) is 0 Å². The Hall–Kier alpha value is 0. The predicted octanol–water partition coefficient (Wildman–Crippen LogP) is 3.00. The summed E-state index contributed by atoms with van der Waals surface area (Å²) < 4.78 is 0. The summed E-state index contributed by atoms with van der Waals surface area (Å²) >= 11 is 0. The van der Waals surface area contributed by atoms with Crippen LogP contribution in [0.3, 0.4) is 0 Å². The Balaban J connectivity index is 0. The van der Waals surface area contributed by atoms with Crippen molar-refractivity contribution in [1.29, 1.82) is 0 Å². The molecular weight excluding hydrogens is 313 g/mol. The van der Waals surface area contributed by atoms with E-state index in [0.29, 0.717) is 5.92 Å². The lowest BCUT2D eigenvalue weighted by Crippen LogP contribution is -2.47. The van der Waals surface area contributed by atoms with E-state index in [4.69, 9.17) is 0 Å². The molecule has 0 atom stereocenters. The fourth-order valence-corrected chi connectivity index (χ4v) is 1.10. The van der Waals surface area contributed by atoms with Gasteiger partial charge in [-0.1, -0.05) is 13.8 Å². The molecule has 0 aliphatic heterocycles. The maximum Gasteiger partial charge on any atom is 0.191 e. The summed E-state index contributed by atoms with van der Waals surface area (Å²) in [5.41, 5.74) is 0.0683. The maximum atomic E-state index is 4.53. The van der Waals surface area contributed by atoms with Gasteiger partial charge in [0.15, 0.2) is 5.96 Å². The van der Waals surface area contributed by atoms with E-state index in [1.807, 2.05) is 0 Å². The van der Waals surface area contributed by atoms with Gasteiger partial charge >= 0.3 is 0 Å². The summed E-state index contributed by atoms with van der Waals surface area (Å²) in [7, 11) is 0. The normalized spacial score (nSPS) is 12.3. The number of aliphatic imine (C=N–C) groups is 1. The van der Waals surface area contributed by atoms with Crippen LogP contribution in [-0.2, 0) is 0 Å². The Morgan fingerprint density at radius 2 is 1.81 bits per heavy atom. The predicted molar refractivity (Wildman–Crippen MR) is 83.7 cm³/mol. The molecule has 4 heteroatoms. The van der Waals surface area contributed by atoms with Crippen LogP contribution >= 0.6 is 24.0 Å². The van der Waals surface area contributed by atoms with E-state index < -0.39 is 0 Å². The molecule has 0 aromatic carbocycles. The van der Waals surface area contributed by atoms with Crippen molar-refractivity contribution in [1.82, 2.24) is 10.6 Å². The second-order valence-electron chi connectivity index (χ2n) is 5.32. The van der Waals surface area contributed by atoms with Gasteiger partial charge in [-0.05, 0) is 40.0 Å². The van der Waals surface area contributed by atoms with Crippen molar-refractivity contribution >= 4 is 29.9 Å². The van der Waals surface area contributed by atoms with Crippen molar-refractivity contribution in [2.45, 2.75) is 53.5 Å². The lowest BCUT2D eigenvalue weighted by atomic mass is 10.1. The smallest absolute Gasteiger partial charge is 0.191 e. The first-order valence-electron chi connectivity index (χ1n) is 5.91. The monoisotopic (exact) mass is 341 g/mol. The molecule has 0 fully saturated rings. The van der Waals surface area contributed by atoms with Crippen LogP contribution in [0.1, 0.15) is 48.0 Å². The Kier molecular flexibility index (Phi) is 10.4. The molecule has 0 aromatic heterocycles. The first kappa shape index (κ1) is 18.4. The van der Waals surface area contributed by atoms with Gasteiger partial charge in [0, 0.05) is 18.6 Å². The minimum absolute atomic E-state index is 0. The number of hydrogen-bond donors (Lipinski definition) is 2. The minimum atomic E-state index is 0. The van der Waals surface area contributed by atoms with E-state index in [1.165, 1.54) is 0 Å². The first-order chi connectivity index (χ1) is 6.85. The minimum Gasteiger partial charge on any atom is -0.357 e. The van der Waals surface area contributed by atoms with Crippen molar-refractivity contribution in [3.8, 4) is 0 Å². The molecule has 0 saturated heterocycles. The highest BCUT2D eigenvalue weighted by molar-refractivity contribution is 14.0. The average Bonchev–Trinajstić information content (AvgIpc) is 2.00. The number of halogens is 1. The fourth-order valence-electron chi connectivity index (χ4n) is 1.10. The first-order valence-corrected chi connectivity index (χ1v) is 5.91. The molecule has 0 aliphatic rings. The largest absolute Gasteiger partial charge is 0.357 e.